The highest BCUT2D eigenvalue weighted by Crippen LogP contribution is 2.13. The molecule has 0 amide bonds. The number of aliphatic hydroxyl groups excluding tert-OH is 1. The Morgan fingerprint density at radius 1 is 1.41 bits per heavy atom. The molecule has 5 nitrogen and oxygen atoms in total. The molecule has 1 N–H and O–H groups in total. The van der Waals surface area contributed by atoms with Crippen LogP contribution in [0.3, 0.4) is 0 Å². The van der Waals surface area contributed by atoms with Gasteiger partial charge < -0.3 is 9.84 Å². The quantitative estimate of drug-likeness (QED) is 0.443. The molecule has 1 aliphatic rings. The number of ether oxygens (including phenoxy) is 1. The maximum atomic E-state index is 10.5. The number of carbonyl (C=O) groups is 3. The molecule has 0 atom stereocenters. The lowest BCUT2D eigenvalue weighted by atomic mass is 10.2. The van der Waals surface area contributed by atoms with Gasteiger partial charge in [-0.1, -0.05) is 13.2 Å². The van der Waals surface area contributed by atoms with Crippen LogP contribution in [0.25, 0.3) is 0 Å². The van der Waals surface area contributed by atoms with Gasteiger partial charge in [0.25, 0.3) is 0 Å². The summed E-state index contributed by atoms with van der Waals surface area (Å²) in [7, 11) is 0. The van der Waals surface area contributed by atoms with Crippen molar-refractivity contribution >= 4 is 17.5 Å². The molecule has 1 saturated carbocycles. The van der Waals surface area contributed by atoms with E-state index in [-0.39, 0.29) is 37.6 Å². The van der Waals surface area contributed by atoms with Crippen LogP contribution < -0.4 is 0 Å². The van der Waals surface area contributed by atoms with Gasteiger partial charge in [0.2, 0.25) is 0 Å². The molecule has 0 unspecified atom stereocenters. The fourth-order valence-electron chi connectivity index (χ4n) is 0.965. The number of Topliss-reactive ketones (excluding diaryl/α,β-unsaturated/α-hetero) is 2. The highest BCUT2D eigenvalue weighted by atomic mass is 16.5. The van der Waals surface area contributed by atoms with Crippen LogP contribution in [0, 0.1) is 0 Å². The average Bonchev–Trinajstić information content (AvgIpc) is 2.53. The number of allylic oxidation sites excluding steroid dienone is 1. The topological polar surface area (TPSA) is 80.7 Å². The number of carbonyl (C=O) groups excluding carboxylic acids is 3. The van der Waals surface area contributed by atoms with Crippen LogP contribution in [0.15, 0.2) is 24.3 Å². The molecule has 1 aliphatic carbocycles. The standard InChI is InChI=1S/C6H10O3.C6H6O2/c1-5(2)6(8)9-4-3-7;1-4-2-5(7)3-6(4)8/h7H,1,3-4H2,2H3;1-3H2. The fourth-order valence-corrected chi connectivity index (χ4v) is 0.965. The third-order valence-electron chi connectivity index (χ3n) is 1.84. The van der Waals surface area contributed by atoms with E-state index in [1.807, 2.05) is 0 Å². The number of ketones is 2. The van der Waals surface area contributed by atoms with E-state index in [0.717, 1.165) is 0 Å². The summed E-state index contributed by atoms with van der Waals surface area (Å²) in [5.41, 5.74) is 0.818. The monoisotopic (exact) mass is 240 g/mol. The van der Waals surface area contributed by atoms with Gasteiger partial charge in [-0.25, -0.2) is 4.79 Å². The summed E-state index contributed by atoms with van der Waals surface area (Å²) in [5, 5.41) is 8.19. The maximum Gasteiger partial charge on any atom is 0.333 e. The van der Waals surface area contributed by atoms with Gasteiger partial charge in [-0.3, -0.25) is 9.59 Å². The number of rotatable bonds is 3. The van der Waals surface area contributed by atoms with Crippen molar-refractivity contribution in [3.63, 3.8) is 0 Å². The Bertz CT molecular complexity index is 336. The molecule has 0 aliphatic heterocycles. The summed E-state index contributed by atoms with van der Waals surface area (Å²) >= 11 is 0. The minimum Gasteiger partial charge on any atom is -0.460 e. The number of hydrogen-bond donors (Lipinski definition) is 1. The minimum atomic E-state index is -0.455. The molecule has 17 heavy (non-hydrogen) atoms. The van der Waals surface area contributed by atoms with Crippen molar-refractivity contribution in [3.8, 4) is 0 Å². The van der Waals surface area contributed by atoms with Crippen molar-refractivity contribution in [1.82, 2.24) is 0 Å². The van der Waals surface area contributed by atoms with Gasteiger partial charge in [0, 0.05) is 12.0 Å². The summed E-state index contributed by atoms with van der Waals surface area (Å²) in [6.07, 6.45) is 0.359. The van der Waals surface area contributed by atoms with Crippen LogP contribution in [0.2, 0.25) is 0 Å². The van der Waals surface area contributed by atoms with Gasteiger partial charge >= 0.3 is 5.97 Å². The molecule has 0 aromatic heterocycles. The van der Waals surface area contributed by atoms with Crippen LogP contribution in [0.4, 0.5) is 0 Å². The fraction of sp³-hybridized carbons (Fsp3) is 0.417. The highest BCUT2D eigenvalue weighted by molar-refractivity contribution is 6.16. The van der Waals surface area contributed by atoms with E-state index in [0.29, 0.717) is 11.1 Å². The van der Waals surface area contributed by atoms with E-state index in [9.17, 15) is 14.4 Å². The van der Waals surface area contributed by atoms with Gasteiger partial charge in [0.05, 0.1) is 13.0 Å². The van der Waals surface area contributed by atoms with Crippen LogP contribution in [0.5, 0.6) is 0 Å². The minimum absolute atomic E-state index is 0.000000000000000222. The molecule has 0 aromatic rings. The number of esters is 1. The predicted molar refractivity (Wildman–Crippen MR) is 61.2 cm³/mol. The maximum absolute atomic E-state index is 10.5. The Hall–Kier alpha value is -1.75. The predicted octanol–water partition coefficient (Wildman–Crippen LogP) is 0.573. The van der Waals surface area contributed by atoms with Crippen molar-refractivity contribution < 1.29 is 24.2 Å². The number of hydrogen-bond acceptors (Lipinski definition) is 5. The van der Waals surface area contributed by atoms with Crippen LogP contribution in [-0.4, -0.2) is 35.9 Å². The zero-order chi connectivity index (χ0) is 13.4. The molecular weight excluding hydrogens is 224 g/mol. The van der Waals surface area contributed by atoms with E-state index in [1.165, 1.54) is 0 Å². The molecular formula is C12H16O5. The molecule has 5 heteroatoms. The zero-order valence-electron chi connectivity index (χ0n) is 9.82. The van der Waals surface area contributed by atoms with Crippen molar-refractivity contribution in [3.05, 3.63) is 24.3 Å². The number of aliphatic hydroxyl groups is 1. The van der Waals surface area contributed by atoms with Gasteiger partial charge in [-0.2, -0.15) is 0 Å². The Balaban J connectivity index is 0.000000302. The lowest BCUT2D eigenvalue weighted by molar-refractivity contribution is -0.139. The molecule has 0 radical (unpaired) electrons. The van der Waals surface area contributed by atoms with E-state index >= 15 is 0 Å². The Labute approximate surface area is 99.8 Å². The second-order valence-electron chi connectivity index (χ2n) is 3.56. The first kappa shape index (κ1) is 15.2. The first-order valence-electron chi connectivity index (χ1n) is 5.04. The van der Waals surface area contributed by atoms with Gasteiger partial charge in [-0.05, 0) is 12.5 Å². The van der Waals surface area contributed by atoms with Crippen molar-refractivity contribution in [1.29, 1.82) is 0 Å². The average molecular weight is 240 g/mol. The summed E-state index contributed by atoms with van der Waals surface area (Å²) in [4.78, 5) is 31.3. The third kappa shape index (κ3) is 6.42. The van der Waals surface area contributed by atoms with Crippen LogP contribution >= 0.6 is 0 Å². The Morgan fingerprint density at radius 2 is 2.00 bits per heavy atom. The second-order valence-corrected chi connectivity index (χ2v) is 3.56. The van der Waals surface area contributed by atoms with E-state index in [4.69, 9.17) is 5.11 Å². The summed E-state index contributed by atoms with van der Waals surface area (Å²) in [6, 6.07) is 0. The smallest absolute Gasteiger partial charge is 0.333 e. The SMILES string of the molecule is C=C(C)C(=O)OCCO.C=C1CC(=O)CC1=O. The molecule has 94 valence electrons. The molecule has 0 aromatic carbocycles. The van der Waals surface area contributed by atoms with Gasteiger partial charge in [-0.15, -0.1) is 0 Å². The van der Waals surface area contributed by atoms with E-state index < -0.39 is 5.97 Å². The largest absolute Gasteiger partial charge is 0.460 e. The van der Waals surface area contributed by atoms with E-state index in [2.05, 4.69) is 17.9 Å². The van der Waals surface area contributed by atoms with E-state index in [1.54, 1.807) is 6.92 Å². The molecule has 0 heterocycles. The molecule has 1 rings (SSSR count). The molecule has 0 saturated heterocycles. The summed E-state index contributed by atoms with van der Waals surface area (Å²) in [6.45, 7) is 8.23. The molecule has 0 spiro atoms. The lowest BCUT2D eigenvalue weighted by Crippen LogP contribution is -2.08. The molecule has 0 bridgehead atoms. The normalized spacial score (nSPS) is 14.1. The van der Waals surface area contributed by atoms with Crippen molar-refractivity contribution in [2.75, 3.05) is 13.2 Å². The first-order valence-corrected chi connectivity index (χ1v) is 5.04. The van der Waals surface area contributed by atoms with Crippen molar-refractivity contribution in [2.24, 2.45) is 0 Å². The summed E-state index contributed by atoms with van der Waals surface area (Å²) < 4.78 is 4.46. The second kappa shape index (κ2) is 7.51. The molecule has 1 fully saturated rings. The van der Waals surface area contributed by atoms with Crippen LogP contribution in [-0.2, 0) is 19.1 Å². The summed E-state index contributed by atoms with van der Waals surface area (Å²) in [5.74, 6) is -0.543. The Kier molecular flexibility index (Phi) is 6.74. The first-order chi connectivity index (χ1) is 7.88. The van der Waals surface area contributed by atoms with Gasteiger partial charge in [0.15, 0.2) is 5.78 Å². The van der Waals surface area contributed by atoms with Crippen molar-refractivity contribution in [2.45, 2.75) is 19.8 Å². The van der Waals surface area contributed by atoms with Gasteiger partial charge in [0.1, 0.15) is 12.4 Å². The highest BCUT2D eigenvalue weighted by Gasteiger charge is 2.21. The lowest BCUT2D eigenvalue weighted by Gasteiger charge is -1.99. The van der Waals surface area contributed by atoms with Crippen LogP contribution in [0.1, 0.15) is 19.8 Å². The Morgan fingerprint density at radius 3 is 2.24 bits per heavy atom. The zero-order valence-corrected chi connectivity index (χ0v) is 9.82. The third-order valence-corrected chi connectivity index (χ3v) is 1.84.